The van der Waals surface area contributed by atoms with Crippen LogP contribution in [0, 0.1) is 0 Å². The van der Waals surface area contributed by atoms with E-state index in [9.17, 15) is 9.59 Å². The summed E-state index contributed by atoms with van der Waals surface area (Å²) in [5.41, 5.74) is 2.92. The number of hydrogen-bond acceptors (Lipinski definition) is 3. The molecule has 0 heterocycles. The Hall–Kier alpha value is -3.40. The van der Waals surface area contributed by atoms with Crippen LogP contribution in [0.1, 0.15) is 23.6 Å². The van der Waals surface area contributed by atoms with Crippen LogP contribution in [-0.2, 0) is 33.8 Å². The third-order valence-electron chi connectivity index (χ3n) is 4.59. The Kier molecular flexibility index (Phi) is 7.17. The van der Waals surface area contributed by atoms with Crippen molar-refractivity contribution in [3.63, 3.8) is 0 Å². The molecule has 3 aromatic carbocycles. The van der Waals surface area contributed by atoms with Gasteiger partial charge in [-0.05, 0) is 23.6 Å². The van der Waals surface area contributed by atoms with Crippen LogP contribution in [0.25, 0.3) is 0 Å². The van der Waals surface area contributed by atoms with Crippen LogP contribution in [0.5, 0.6) is 0 Å². The molecule has 0 aliphatic carbocycles. The Bertz CT molecular complexity index is 869. The molecule has 0 bridgehead atoms. The molecule has 0 saturated heterocycles. The zero-order valence-electron chi connectivity index (χ0n) is 16.5. The van der Waals surface area contributed by atoms with Crippen molar-refractivity contribution < 1.29 is 14.3 Å². The van der Waals surface area contributed by atoms with Gasteiger partial charge in [0.15, 0.2) is 6.10 Å². The molecule has 148 valence electrons. The van der Waals surface area contributed by atoms with E-state index in [1.165, 1.54) is 0 Å². The lowest BCUT2D eigenvalue weighted by molar-refractivity contribution is -0.159. The van der Waals surface area contributed by atoms with Crippen LogP contribution in [0.4, 0.5) is 0 Å². The van der Waals surface area contributed by atoms with E-state index in [0.29, 0.717) is 13.1 Å². The average Bonchev–Trinajstić information content (AvgIpc) is 2.75. The van der Waals surface area contributed by atoms with E-state index >= 15 is 0 Å². The number of carbonyl (C=O) groups excluding carboxylic acids is 2. The van der Waals surface area contributed by atoms with Gasteiger partial charge in [0, 0.05) is 13.1 Å². The highest BCUT2D eigenvalue weighted by Crippen LogP contribution is 2.13. The Morgan fingerprint density at radius 3 is 1.59 bits per heavy atom. The van der Waals surface area contributed by atoms with E-state index in [1.807, 2.05) is 91.0 Å². The van der Waals surface area contributed by atoms with E-state index in [2.05, 4.69) is 0 Å². The van der Waals surface area contributed by atoms with Crippen molar-refractivity contribution >= 4 is 11.9 Å². The van der Waals surface area contributed by atoms with Gasteiger partial charge >= 0.3 is 5.97 Å². The van der Waals surface area contributed by atoms with Crippen LogP contribution in [0.3, 0.4) is 0 Å². The maximum atomic E-state index is 13.1. The van der Waals surface area contributed by atoms with Crippen LogP contribution >= 0.6 is 0 Å². The Labute approximate surface area is 171 Å². The quantitative estimate of drug-likeness (QED) is 0.539. The van der Waals surface area contributed by atoms with Gasteiger partial charge in [0.2, 0.25) is 0 Å². The Morgan fingerprint density at radius 1 is 0.724 bits per heavy atom. The van der Waals surface area contributed by atoms with Crippen LogP contribution in [0.2, 0.25) is 0 Å². The average molecular weight is 387 g/mol. The van der Waals surface area contributed by atoms with E-state index in [0.717, 1.165) is 16.7 Å². The smallest absolute Gasteiger partial charge is 0.311 e. The standard InChI is InChI=1S/C25H25NO3/c1-20(29-24(27)17-21-11-5-2-6-12-21)25(28)26(18-22-13-7-3-8-14-22)19-23-15-9-4-10-16-23/h2-16,20H,17-19H2,1H3. The molecule has 0 spiro atoms. The number of hydrogen-bond donors (Lipinski definition) is 0. The predicted octanol–water partition coefficient (Wildman–Crippen LogP) is 4.39. The normalized spacial score (nSPS) is 11.5. The van der Waals surface area contributed by atoms with Gasteiger partial charge in [-0.15, -0.1) is 0 Å². The lowest BCUT2D eigenvalue weighted by Crippen LogP contribution is -2.39. The number of nitrogens with zero attached hydrogens (tertiary/aromatic N) is 1. The molecule has 4 nitrogen and oxygen atoms in total. The number of benzene rings is 3. The molecule has 4 heteroatoms. The maximum absolute atomic E-state index is 13.1. The fourth-order valence-corrected chi connectivity index (χ4v) is 3.13. The molecule has 0 N–H and O–H groups in total. The highest BCUT2D eigenvalue weighted by molar-refractivity contribution is 5.84. The van der Waals surface area contributed by atoms with E-state index in [4.69, 9.17) is 4.74 Å². The molecule has 0 aliphatic heterocycles. The van der Waals surface area contributed by atoms with Crippen molar-refractivity contribution in [1.29, 1.82) is 0 Å². The van der Waals surface area contributed by atoms with Crippen LogP contribution < -0.4 is 0 Å². The van der Waals surface area contributed by atoms with Gasteiger partial charge in [-0.25, -0.2) is 0 Å². The van der Waals surface area contributed by atoms with Gasteiger partial charge in [0.05, 0.1) is 6.42 Å². The lowest BCUT2D eigenvalue weighted by Gasteiger charge is -2.26. The second kappa shape index (κ2) is 10.2. The second-order valence-electron chi connectivity index (χ2n) is 6.96. The molecule has 0 saturated carbocycles. The third kappa shape index (κ3) is 6.32. The molecule has 29 heavy (non-hydrogen) atoms. The number of ether oxygens (including phenoxy) is 1. The number of rotatable bonds is 8. The molecule has 0 fully saturated rings. The van der Waals surface area contributed by atoms with Gasteiger partial charge < -0.3 is 9.64 Å². The third-order valence-corrected chi connectivity index (χ3v) is 4.59. The maximum Gasteiger partial charge on any atom is 0.311 e. The molecule has 0 aromatic heterocycles. The first-order valence-corrected chi connectivity index (χ1v) is 9.72. The SMILES string of the molecule is CC(OC(=O)Cc1ccccc1)C(=O)N(Cc1ccccc1)Cc1ccccc1. The summed E-state index contributed by atoms with van der Waals surface area (Å²) >= 11 is 0. The second-order valence-corrected chi connectivity index (χ2v) is 6.96. The van der Waals surface area contributed by atoms with E-state index in [1.54, 1.807) is 11.8 Å². The topological polar surface area (TPSA) is 46.6 Å². The number of carbonyl (C=O) groups is 2. The summed E-state index contributed by atoms with van der Waals surface area (Å²) in [5, 5.41) is 0. The molecular formula is C25H25NO3. The minimum atomic E-state index is -0.848. The Morgan fingerprint density at radius 2 is 1.14 bits per heavy atom. The molecule has 3 aromatic rings. The minimum Gasteiger partial charge on any atom is -0.452 e. The van der Waals surface area contributed by atoms with Crippen LogP contribution in [-0.4, -0.2) is 22.9 Å². The summed E-state index contributed by atoms with van der Waals surface area (Å²) < 4.78 is 5.44. The lowest BCUT2D eigenvalue weighted by atomic mass is 10.1. The molecule has 3 rings (SSSR count). The summed E-state index contributed by atoms with van der Waals surface area (Å²) in [6, 6.07) is 29.0. The van der Waals surface area contributed by atoms with Gasteiger partial charge in [-0.1, -0.05) is 91.0 Å². The largest absolute Gasteiger partial charge is 0.452 e. The number of amides is 1. The van der Waals surface area contributed by atoms with Crippen molar-refractivity contribution in [3.05, 3.63) is 108 Å². The van der Waals surface area contributed by atoms with Gasteiger partial charge in [0.1, 0.15) is 0 Å². The summed E-state index contributed by atoms with van der Waals surface area (Å²) in [4.78, 5) is 27.1. The highest BCUT2D eigenvalue weighted by Gasteiger charge is 2.24. The van der Waals surface area contributed by atoms with Crippen molar-refractivity contribution in [2.24, 2.45) is 0 Å². The van der Waals surface area contributed by atoms with Crippen molar-refractivity contribution in [2.45, 2.75) is 32.5 Å². The van der Waals surface area contributed by atoms with Gasteiger partial charge in [-0.2, -0.15) is 0 Å². The molecule has 1 amide bonds. The minimum absolute atomic E-state index is 0.149. The Balaban J connectivity index is 1.68. The first kappa shape index (κ1) is 20.3. The predicted molar refractivity (Wildman–Crippen MR) is 113 cm³/mol. The van der Waals surface area contributed by atoms with Gasteiger partial charge in [0.25, 0.3) is 5.91 Å². The fourth-order valence-electron chi connectivity index (χ4n) is 3.13. The van der Waals surface area contributed by atoms with E-state index < -0.39 is 12.1 Å². The molecule has 1 atom stereocenters. The fraction of sp³-hybridized carbons (Fsp3) is 0.200. The van der Waals surface area contributed by atoms with Gasteiger partial charge in [-0.3, -0.25) is 9.59 Å². The molecular weight excluding hydrogens is 362 g/mol. The molecule has 0 radical (unpaired) electrons. The molecule has 1 unspecified atom stereocenters. The summed E-state index contributed by atoms with van der Waals surface area (Å²) in [5.74, 6) is -0.615. The zero-order valence-corrected chi connectivity index (χ0v) is 16.5. The van der Waals surface area contributed by atoms with Crippen molar-refractivity contribution in [3.8, 4) is 0 Å². The monoisotopic (exact) mass is 387 g/mol. The first-order valence-electron chi connectivity index (χ1n) is 9.72. The van der Waals surface area contributed by atoms with Crippen LogP contribution in [0.15, 0.2) is 91.0 Å². The van der Waals surface area contributed by atoms with E-state index in [-0.39, 0.29) is 12.3 Å². The zero-order chi connectivity index (χ0) is 20.5. The summed E-state index contributed by atoms with van der Waals surface area (Å²) in [6.45, 7) is 2.54. The summed E-state index contributed by atoms with van der Waals surface area (Å²) in [7, 11) is 0. The van der Waals surface area contributed by atoms with Crippen molar-refractivity contribution in [1.82, 2.24) is 4.90 Å². The highest BCUT2D eigenvalue weighted by atomic mass is 16.5. The number of esters is 1. The summed E-state index contributed by atoms with van der Waals surface area (Å²) in [6.07, 6.45) is -0.700. The van der Waals surface area contributed by atoms with Crippen molar-refractivity contribution in [2.75, 3.05) is 0 Å². The first-order chi connectivity index (χ1) is 14.1. The molecule has 0 aliphatic rings.